The Kier molecular flexibility index (Phi) is 7.67. The zero-order valence-electron chi connectivity index (χ0n) is 17.3. The maximum Gasteiger partial charge on any atom is 0.344 e. The molecule has 0 bridgehead atoms. The van der Waals surface area contributed by atoms with E-state index in [4.69, 9.17) is 9.47 Å². The molecule has 1 aliphatic heterocycles. The minimum absolute atomic E-state index is 0.0808. The van der Waals surface area contributed by atoms with E-state index in [2.05, 4.69) is 4.99 Å². The molecule has 1 amide bonds. The molecule has 0 aliphatic carbocycles. The van der Waals surface area contributed by atoms with E-state index >= 15 is 0 Å². The first kappa shape index (κ1) is 22.4. The van der Waals surface area contributed by atoms with Crippen LogP contribution in [0.2, 0.25) is 0 Å². The van der Waals surface area contributed by atoms with Crippen LogP contribution in [0, 0.1) is 0 Å². The number of rotatable bonds is 7. The molecule has 0 saturated carbocycles. The smallest absolute Gasteiger partial charge is 0.344 e. The van der Waals surface area contributed by atoms with Crippen LogP contribution in [0.15, 0.2) is 75.8 Å². The third-order valence-corrected chi connectivity index (χ3v) is 5.35. The van der Waals surface area contributed by atoms with E-state index in [0.29, 0.717) is 17.3 Å². The summed E-state index contributed by atoms with van der Waals surface area (Å²) in [5.41, 5.74) is 1.79. The first-order valence-electron chi connectivity index (χ1n) is 9.90. The fourth-order valence-corrected chi connectivity index (χ4v) is 3.77. The monoisotopic (exact) mass is 437 g/mol. The van der Waals surface area contributed by atoms with Gasteiger partial charge in [-0.05, 0) is 36.3 Å². The molecule has 1 heterocycles. The molecule has 0 atom stereocenters. The van der Waals surface area contributed by atoms with Crippen LogP contribution in [0.1, 0.15) is 31.4 Å². The molecule has 2 aromatic rings. The van der Waals surface area contributed by atoms with Crippen LogP contribution in [0.4, 0.5) is 0 Å². The number of aliphatic imine (C=N–C) groups is 1. The summed E-state index contributed by atoms with van der Waals surface area (Å²) in [5, 5.41) is 10.8. The maximum atomic E-state index is 12.3. The van der Waals surface area contributed by atoms with Crippen LogP contribution < -0.4 is 4.74 Å². The minimum Gasteiger partial charge on any atom is -0.506 e. The van der Waals surface area contributed by atoms with Gasteiger partial charge in [0.1, 0.15) is 28.7 Å². The van der Waals surface area contributed by atoms with Gasteiger partial charge in [-0.1, -0.05) is 61.2 Å². The molecular formula is C24H23NO5S. The van der Waals surface area contributed by atoms with Crippen LogP contribution >= 0.6 is 11.8 Å². The van der Waals surface area contributed by atoms with Crippen molar-refractivity contribution in [3.63, 3.8) is 0 Å². The Morgan fingerprint density at radius 2 is 1.77 bits per heavy atom. The molecule has 3 rings (SSSR count). The fraction of sp³-hybridized carbons (Fsp3) is 0.208. The third-order valence-electron chi connectivity index (χ3n) is 4.33. The van der Waals surface area contributed by atoms with Gasteiger partial charge in [-0.2, -0.15) is 0 Å². The highest BCUT2D eigenvalue weighted by molar-refractivity contribution is 8.18. The molecule has 31 heavy (non-hydrogen) atoms. The van der Waals surface area contributed by atoms with Crippen molar-refractivity contribution in [2.24, 2.45) is 4.99 Å². The van der Waals surface area contributed by atoms with Crippen LogP contribution in [-0.4, -0.2) is 28.6 Å². The molecule has 0 radical (unpaired) electrons. The van der Waals surface area contributed by atoms with Gasteiger partial charge in [0.05, 0.1) is 11.5 Å². The largest absolute Gasteiger partial charge is 0.506 e. The van der Waals surface area contributed by atoms with E-state index in [1.165, 1.54) is 0 Å². The molecular weight excluding hydrogens is 414 g/mol. The van der Waals surface area contributed by atoms with Gasteiger partial charge in [0.25, 0.3) is 0 Å². The Bertz CT molecular complexity index is 1040. The van der Waals surface area contributed by atoms with E-state index in [1.54, 1.807) is 19.9 Å². The fourth-order valence-electron chi connectivity index (χ4n) is 2.74. The number of hydrogen-bond donors (Lipinski definition) is 1. The van der Waals surface area contributed by atoms with Crippen LogP contribution in [-0.2, 0) is 20.9 Å². The van der Waals surface area contributed by atoms with Crippen molar-refractivity contribution in [3.8, 4) is 5.75 Å². The topological polar surface area (TPSA) is 85.2 Å². The minimum atomic E-state index is -0.705. The van der Waals surface area contributed by atoms with Crippen molar-refractivity contribution in [1.82, 2.24) is 0 Å². The summed E-state index contributed by atoms with van der Waals surface area (Å²) in [6.07, 6.45) is 1.92. The molecule has 2 aromatic carbocycles. The second kappa shape index (κ2) is 10.6. The van der Waals surface area contributed by atoms with Crippen molar-refractivity contribution in [2.75, 3.05) is 6.61 Å². The number of aliphatic hydroxyl groups excluding tert-OH is 1. The first-order valence-corrected chi connectivity index (χ1v) is 10.7. The number of ether oxygens (including phenoxy) is 2. The van der Waals surface area contributed by atoms with Crippen molar-refractivity contribution >= 4 is 34.8 Å². The summed E-state index contributed by atoms with van der Waals surface area (Å²) in [6.45, 7) is 3.97. The van der Waals surface area contributed by atoms with Crippen molar-refractivity contribution in [1.29, 1.82) is 0 Å². The Hall–Kier alpha value is -3.32. The number of aliphatic hydroxyl groups is 1. The van der Waals surface area contributed by atoms with Crippen LogP contribution in [0.5, 0.6) is 5.75 Å². The number of esters is 1. The predicted molar refractivity (Wildman–Crippen MR) is 122 cm³/mol. The van der Waals surface area contributed by atoms with Gasteiger partial charge < -0.3 is 14.6 Å². The second-order valence-electron chi connectivity index (χ2n) is 6.56. The second-order valence-corrected chi connectivity index (χ2v) is 7.59. The predicted octanol–water partition coefficient (Wildman–Crippen LogP) is 5.06. The number of carbonyl (C=O) groups excluding carboxylic acids is 2. The zero-order chi connectivity index (χ0) is 22.2. The molecule has 0 fully saturated rings. The van der Waals surface area contributed by atoms with Gasteiger partial charge in [0.15, 0.2) is 0 Å². The summed E-state index contributed by atoms with van der Waals surface area (Å²) >= 11 is 1.07. The highest BCUT2D eigenvalue weighted by Gasteiger charge is 2.33. The number of thioether (sulfide) groups is 1. The standard InChI is InChI=1S/C24H23NO5S/c1-3-20(26)25-23-21(24(28)29-4-2)22(27)19(31-23)14-16-10-12-18(13-11-16)30-15-17-8-6-5-7-9-17/h5-14,27H,3-4,15H2,1-2H3/b19-14-,25-23?. The van der Waals surface area contributed by atoms with Crippen LogP contribution in [0.25, 0.3) is 6.08 Å². The highest BCUT2D eigenvalue weighted by atomic mass is 32.2. The number of carbonyl (C=O) groups is 2. The van der Waals surface area contributed by atoms with E-state index in [9.17, 15) is 14.7 Å². The van der Waals surface area contributed by atoms with Crippen LogP contribution in [0.3, 0.4) is 0 Å². The summed E-state index contributed by atoms with van der Waals surface area (Å²) in [7, 11) is 0. The lowest BCUT2D eigenvalue weighted by molar-refractivity contribution is -0.138. The first-order chi connectivity index (χ1) is 15.0. The van der Waals surface area contributed by atoms with Gasteiger partial charge in [0.2, 0.25) is 5.91 Å². The Balaban J connectivity index is 1.79. The molecule has 0 aromatic heterocycles. The lowest BCUT2D eigenvalue weighted by Crippen LogP contribution is -2.14. The Morgan fingerprint density at radius 1 is 1.06 bits per heavy atom. The summed E-state index contributed by atoms with van der Waals surface area (Å²) in [5.74, 6) is -0.607. The zero-order valence-corrected chi connectivity index (χ0v) is 18.1. The molecule has 160 valence electrons. The number of nitrogens with zero attached hydrogens (tertiary/aromatic N) is 1. The average Bonchev–Trinajstić information content (AvgIpc) is 3.08. The van der Waals surface area contributed by atoms with E-state index in [-0.39, 0.29) is 35.3 Å². The van der Waals surface area contributed by atoms with Gasteiger partial charge in [-0.25, -0.2) is 9.79 Å². The molecule has 1 aliphatic rings. The molecule has 6 nitrogen and oxygen atoms in total. The summed E-state index contributed by atoms with van der Waals surface area (Å²) in [4.78, 5) is 28.4. The Morgan fingerprint density at radius 3 is 2.42 bits per heavy atom. The van der Waals surface area contributed by atoms with E-state index in [0.717, 1.165) is 22.9 Å². The third kappa shape index (κ3) is 5.86. The van der Waals surface area contributed by atoms with E-state index in [1.807, 2.05) is 54.6 Å². The van der Waals surface area contributed by atoms with Crippen molar-refractivity contribution in [3.05, 3.63) is 82.0 Å². The SMILES string of the molecule is CCOC(=O)C1=C(O)/C(=C/c2ccc(OCc3ccccc3)cc2)SC1=NC(=O)CC. The molecule has 0 unspecified atom stereocenters. The van der Waals surface area contributed by atoms with Crippen molar-refractivity contribution in [2.45, 2.75) is 26.9 Å². The molecule has 0 spiro atoms. The quantitative estimate of drug-likeness (QED) is 0.609. The molecule has 0 saturated heterocycles. The van der Waals surface area contributed by atoms with Gasteiger partial charge in [-0.15, -0.1) is 0 Å². The summed E-state index contributed by atoms with van der Waals surface area (Å²) < 4.78 is 10.8. The van der Waals surface area contributed by atoms with Gasteiger partial charge >= 0.3 is 5.97 Å². The Labute approximate surface area is 185 Å². The highest BCUT2D eigenvalue weighted by Crippen LogP contribution is 2.39. The van der Waals surface area contributed by atoms with Gasteiger partial charge in [0, 0.05) is 6.42 Å². The normalized spacial score (nSPS) is 16.1. The maximum absolute atomic E-state index is 12.3. The number of hydrogen-bond acceptors (Lipinski definition) is 6. The van der Waals surface area contributed by atoms with Crippen molar-refractivity contribution < 1.29 is 24.2 Å². The lowest BCUT2D eigenvalue weighted by Gasteiger charge is -2.06. The molecule has 1 N–H and O–H groups in total. The van der Waals surface area contributed by atoms with Gasteiger partial charge in [-0.3, -0.25) is 4.79 Å². The lowest BCUT2D eigenvalue weighted by atomic mass is 10.1. The summed E-state index contributed by atoms with van der Waals surface area (Å²) in [6, 6.07) is 17.2. The molecule has 7 heteroatoms. The average molecular weight is 438 g/mol. The number of benzene rings is 2. The number of amides is 1. The van der Waals surface area contributed by atoms with E-state index < -0.39 is 5.97 Å².